The number of hydrogen-bond acceptors (Lipinski definition) is 2. The third-order valence-electron chi connectivity index (χ3n) is 4.85. The summed E-state index contributed by atoms with van der Waals surface area (Å²) in [5.41, 5.74) is -0.608. The monoisotopic (exact) mass is 242 g/mol. The summed E-state index contributed by atoms with van der Waals surface area (Å²) in [7, 11) is 0. The summed E-state index contributed by atoms with van der Waals surface area (Å²) in [4.78, 5) is 2.35. The Balaban J connectivity index is 1.91. The molecule has 100 valence electrons. The second kappa shape index (κ2) is 4.85. The van der Waals surface area contributed by atoms with E-state index in [0.29, 0.717) is 24.8 Å². The maximum atomic E-state index is 14.6. The molecule has 0 aliphatic carbocycles. The van der Waals surface area contributed by atoms with Gasteiger partial charge in [-0.25, -0.2) is 4.39 Å². The van der Waals surface area contributed by atoms with Gasteiger partial charge in [0.1, 0.15) is 5.67 Å². The quantitative estimate of drug-likeness (QED) is 0.800. The summed E-state index contributed by atoms with van der Waals surface area (Å²) in [6, 6.07) is 0. The number of nitrogens with zero attached hydrogens (tertiary/aromatic N) is 1. The standard InChI is InChI=1S/C14H27FN2/c1-12-4-9-17(10-13(12,2)3)11-14(15)5-7-16-8-6-14/h12,16H,4-11H2,1-3H3. The Labute approximate surface area is 105 Å². The number of likely N-dealkylation sites (tertiary alicyclic amines) is 1. The largest absolute Gasteiger partial charge is 0.316 e. The van der Waals surface area contributed by atoms with Crippen LogP contribution in [0.15, 0.2) is 0 Å². The van der Waals surface area contributed by atoms with Gasteiger partial charge in [-0.05, 0) is 50.2 Å². The van der Waals surface area contributed by atoms with E-state index in [1.165, 1.54) is 6.42 Å². The van der Waals surface area contributed by atoms with Crippen LogP contribution in [0.25, 0.3) is 0 Å². The topological polar surface area (TPSA) is 15.3 Å². The van der Waals surface area contributed by atoms with E-state index >= 15 is 0 Å². The van der Waals surface area contributed by atoms with Gasteiger partial charge < -0.3 is 5.32 Å². The molecule has 0 radical (unpaired) electrons. The van der Waals surface area contributed by atoms with Crippen LogP contribution in [-0.4, -0.2) is 43.3 Å². The Bertz CT molecular complexity index is 259. The number of alkyl halides is 1. The highest BCUT2D eigenvalue weighted by Gasteiger charge is 2.38. The van der Waals surface area contributed by atoms with E-state index in [0.717, 1.165) is 32.1 Å². The number of nitrogens with one attached hydrogen (secondary N) is 1. The first-order chi connectivity index (χ1) is 7.91. The first-order valence-electron chi connectivity index (χ1n) is 7.03. The van der Waals surface area contributed by atoms with Crippen LogP contribution in [0.3, 0.4) is 0 Å². The van der Waals surface area contributed by atoms with E-state index in [9.17, 15) is 4.39 Å². The summed E-state index contributed by atoms with van der Waals surface area (Å²) < 4.78 is 14.6. The first kappa shape index (κ1) is 13.3. The second-order valence-corrected chi connectivity index (χ2v) is 6.79. The maximum absolute atomic E-state index is 14.6. The fourth-order valence-electron chi connectivity index (χ4n) is 3.15. The summed E-state index contributed by atoms with van der Waals surface area (Å²) in [6.07, 6.45) is 2.57. The zero-order valence-corrected chi connectivity index (χ0v) is 11.6. The summed E-state index contributed by atoms with van der Waals surface area (Å²) in [5, 5.41) is 3.24. The van der Waals surface area contributed by atoms with Crippen LogP contribution in [0.4, 0.5) is 4.39 Å². The molecule has 2 nitrogen and oxygen atoms in total. The predicted molar refractivity (Wildman–Crippen MR) is 69.9 cm³/mol. The third kappa shape index (κ3) is 3.19. The molecule has 2 fully saturated rings. The summed E-state index contributed by atoms with van der Waals surface area (Å²) >= 11 is 0. The minimum Gasteiger partial charge on any atom is -0.316 e. The van der Waals surface area contributed by atoms with Crippen LogP contribution in [0.1, 0.15) is 40.0 Å². The summed E-state index contributed by atoms with van der Waals surface area (Å²) in [6.45, 7) is 11.4. The molecule has 0 spiro atoms. The Kier molecular flexibility index (Phi) is 3.79. The van der Waals surface area contributed by atoms with Crippen LogP contribution in [0.2, 0.25) is 0 Å². The Morgan fingerprint density at radius 3 is 2.53 bits per heavy atom. The van der Waals surface area contributed by atoms with Crippen molar-refractivity contribution in [2.45, 2.75) is 45.7 Å². The van der Waals surface area contributed by atoms with E-state index in [2.05, 4.69) is 31.0 Å². The SMILES string of the molecule is CC1CCN(CC2(F)CCNCC2)CC1(C)C. The number of piperidine rings is 2. The molecule has 2 aliphatic heterocycles. The number of hydrogen-bond donors (Lipinski definition) is 1. The van der Waals surface area contributed by atoms with E-state index in [1.54, 1.807) is 0 Å². The molecule has 1 N–H and O–H groups in total. The van der Waals surface area contributed by atoms with Gasteiger partial charge in [0.25, 0.3) is 0 Å². The highest BCUT2D eigenvalue weighted by molar-refractivity contribution is 4.92. The lowest BCUT2D eigenvalue weighted by molar-refractivity contribution is 0.00532. The minimum absolute atomic E-state index is 0.335. The van der Waals surface area contributed by atoms with Gasteiger partial charge in [-0.3, -0.25) is 4.90 Å². The van der Waals surface area contributed by atoms with Crippen molar-refractivity contribution in [1.82, 2.24) is 10.2 Å². The van der Waals surface area contributed by atoms with Crippen LogP contribution >= 0.6 is 0 Å². The molecule has 2 rings (SSSR count). The first-order valence-corrected chi connectivity index (χ1v) is 7.03. The third-order valence-corrected chi connectivity index (χ3v) is 4.85. The molecule has 0 bridgehead atoms. The van der Waals surface area contributed by atoms with E-state index in [4.69, 9.17) is 0 Å². The molecular weight excluding hydrogens is 215 g/mol. The van der Waals surface area contributed by atoms with Gasteiger partial charge in [-0.15, -0.1) is 0 Å². The van der Waals surface area contributed by atoms with Gasteiger partial charge in [0, 0.05) is 13.1 Å². The smallest absolute Gasteiger partial charge is 0.126 e. The van der Waals surface area contributed by atoms with Gasteiger partial charge >= 0.3 is 0 Å². The molecule has 17 heavy (non-hydrogen) atoms. The highest BCUT2D eigenvalue weighted by atomic mass is 19.1. The van der Waals surface area contributed by atoms with Crippen molar-refractivity contribution in [2.75, 3.05) is 32.7 Å². The van der Waals surface area contributed by atoms with E-state index < -0.39 is 5.67 Å². The molecule has 0 aromatic heterocycles. The average molecular weight is 242 g/mol. The second-order valence-electron chi connectivity index (χ2n) is 6.79. The molecule has 1 atom stereocenters. The Morgan fingerprint density at radius 2 is 1.94 bits per heavy atom. The predicted octanol–water partition coefficient (Wildman–Crippen LogP) is 2.45. The van der Waals surface area contributed by atoms with E-state index in [1.807, 2.05) is 0 Å². The number of rotatable bonds is 2. The molecular formula is C14H27FN2. The Morgan fingerprint density at radius 1 is 1.29 bits per heavy atom. The van der Waals surface area contributed by atoms with Crippen molar-refractivity contribution in [1.29, 1.82) is 0 Å². The lowest BCUT2D eigenvalue weighted by Gasteiger charge is -2.45. The van der Waals surface area contributed by atoms with Gasteiger partial charge in [0.2, 0.25) is 0 Å². The Hall–Kier alpha value is -0.150. The molecule has 0 amide bonds. The molecule has 3 heteroatoms. The normalized spacial score (nSPS) is 33.5. The van der Waals surface area contributed by atoms with Crippen molar-refractivity contribution >= 4 is 0 Å². The molecule has 0 aromatic carbocycles. The highest BCUT2D eigenvalue weighted by Crippen LogP contribution is 2.36. The molecule has 2 heterocycles. The van der Waals surface area contributed by atoms with Crippen LogP contribution in [0, 0.1) is 11.3 Å². The zero-order chi connectivity index (χ0) is 12.5. The number of halogens is 1. The van der Waals surface area contributed by atoms with Crippen LogP contribution in [0.5, 0.6) is 0 Å². The fraction of sp³-hybridized carbons (Fsp3) is 1.00. The van der Waals surface area contributed by atoms with Crippen molar-refractivity contribution in [3.63, 3.8) is 0 Å². The lowest BCUT2D eigenvalue weighted by Crippen LogP contribution is -2.52. The average Bonchev–Trinajstić information content (AvgIpc) is 2.24. The van der Waals surface area contributed by atoms with Gasteiger partial charge in [0.15, 0.2) is 0 Å². The fourth-order valence-corrected chi connectivity index (χ4v) is 3.15. The zero-order valence-electron chi connectivity index (χ0n) is 11.6. The van der Waals surface area contributed by atoms with Gasteiger partial charge in [0.05, 0.1) is 0 Å². The molecule has 2 saturated heterocycles. The summed E-state index contributed by atoms with van der Waals surface area (Å²) in [5.74, 6) is 0.752. The van der Waals surface area contributed by atoms with Crippen molar-refractivity contribution in [3.8, 4) is 0 Å². The van der Waals surface area contributed by atoms with Crippen molar-refractivity contribution in [2.24, 2.45) is 11.3 Å². The lowest BCUT2D eigenvalue weighted by atomic mass is 9.74. The van der Waals surface area contributed by atoms with Crippen molar-refractivity contribution < 1.29 is 4.39 Å². The molecule has 1 unspecified atom stereocenters. The molecule has 0 aromatic rings. The molecule has 0 saturated carbocycles. The van der Waals surface area contributed by atoms with E-state index in [-0.39, 0.29) is 0 Å². The maximum Gasteiger partial charge on any atom is 0.126 e. The van der Waals surface area contributed by atoms with Gasteiger partial charge in [-0.2, -0.15) is 0 Å². The van der Waals surface area contributed by atoms with Crippen LogP contribution in [-0.2, 0) is 0 Å². The van der Waals surface area contributed by atoms with Crippen LogP contribution < -0.4 is 5.32 Å². The minimum atomic E-state index is -0.943. The van der Waals surface area contributed by atoms with Gasteiger partial charge in [-0.1, -0.05) is 20.8 Å². The molecule has 2 aliphatic rings. The van der Waals surface area contributed by atoms with Crippen molar-refractivity contribution in [3.05, 3.63) is 0 Å².